The quantitative estimate of drug-likeness (QED) is 0.788. The summed E-state index contributed by atoms with van der Waals surface area (Å²) >= 11 is 3.01. The predicted octanol–water partition coefficient (Wildman–Crippen LogP) is 4.04. The third-order valence-electron chi connectivity index (χ3n) is 2.87. The van der Waals surface area contributed by atoms with Crippen LogP contribution in [0.3, 0.4) is 0 Å². The monoisotopic (exact) mass is 342 g/mol. The first-order valence-electron chi connectivity index (χ1n) is 5.80. The number of fused-ring (bicyclic) bond motifs is 1. The van der Waals surface area contributed by atoms with Crippen LogP contribution < -0.4 is 14.2 Å². The van der Waals surface area contributed by atoms with Crippen molar-refractivity contribution in [3.05, 3.63) is 52.0 Å². The van der Waals surface area contributed by atoms with Gasteiger partial charge in [-0.2, -0.15) is 0 Å². The van der Waals surface area contributed by atoms with Crippen LogP contribution in [0, 0.1) is 11.6 Å². The van der Waals surface area contributed by atoms with E-state index in [0.29, 0.717) is 17.2 Å². The summed E-state index contributed by atoms with van der Waals surface area (Å²) in [4.78, 5) is 0. The van der Waals surface area contributed by atoms with Gasteiger partial charge in [0, 0.05) is 6.07 Å². The molecule has 2 aromatic carbocycles. The number of hydrogen-bond acceptors (Lipinski definition) is 3. The summed E-state index contributed by atoms with van der Waals surface area (Å²) in [6, 6.07) is 7.46. The molecule has 0 radical (unpaired) electrons. The average Bonchev–Trinajstić information content (AvgIpc) is 2.90. The molecule has 6 heteroatoms. The molecule has 0 aliphatic carbocycles. The second-order valence-corrected chi connectivity index (χ2v) is 4.98. The fraction of sp³-hybridized carbons (Fsp3) is 0.143. The van der Waals surface area contributed by atoms with Crippen molar-refractivity contribution < 1.29 is 23.0 Å². The van der Waals surface area contributed by atoms with E-state index in [-0.39, 0.29) is 23.4 Å². The first-order valence-corrected chi connectivity index (χ1v) is 6.59. The second kappa shape index (κ2) is 5.28. The number of ether oxygens (including phenoxy) is 3. The van der Waals surface area contributed by atoms with E-state index in [1.54, 1.807) is 18.2 Å². The van der Waals surface area contributed by atoms with E-state index in [2.05, 4.69) is 15.9 Å². The number of benzene rings is 2. The summed E-state index contributed by atoms with van der Waals surface area (Å²) in [5.41, 5.74) is -0.128. The summed E-state index contributed by atoms with van der Waals surface area (Å²) < 4.78 is 43.3. The Balaban J connectivity index is 1.79. The van der Waals surface area contributed by atoms with Crippen molar-refractivity contribution in [2.75, 3.05) is 6.79 Å². The number of halogens is 3. The molecule has 0 N–H and O–H groups in total. The molecule has 0 saturated heterocycles. The van der Waals surface area contributed by atoms with Crippen molar-refractivity contribution in [2.45, 2.75) is 6.61 Å². The van der Waals surface area contributed by atoms with Gasteiger partial charge in [0.25, 0.3) is 0 Å². The topological polar surface area (TPSA) is 27.7 Å². The molecule has 0 bridgehead atoms. The lowest BCUT2D eigenvalue weighted by atomic mass is 10.2. The Hall–Kier alpha value is -1.82. The lowest BCUT2D eigenvalue weighted by Crippen LogP contribution is -2.02. The molecule has 0 aromatic heterocycles. The van der Waals surface area contributed by atoms with E-state index < -0.39 is 11.6 Å². The molecule has 1 heterocycles. The Morgan fingerprint density at radius 3 is 2.75 bits per heavy atom. The second-order valence-electron chi connectivity index (χ2n) is 4.13. The standard InChI is InChI=1S/C14H9BrF2O3/c15-10-2-3-11(16)9(14(10)17)6-18-8-1-4-12-13(5-8)20-7-19-12/h1-5H,6-7H2. The zero-order valence-corrected chi connectivity index (χ0v) is 11.7. The largest absolute Gasteiger partial charge is 0.489 e. The van der Waals surface area contributed by atoms with E-state index in [9.17, 15) is 8.78 Å². The smallest absolute Gasteiger partial charge is 0.231 e. The van der Waals surface area contributed by atoms with Crippen LogP contribution >= 0.6 is 15.9 Å². The van der Waals surface area contributed by atoms with Crippen LogP contribution in [0.5, 0.6) is 17.2 Å². The maximum atomic E-state index is 13.8. The van der Waals surface area contributed by atoms with E-state index in [1.165, 1.54) is 12.1 Å². The highest BCUT2D eigenvalue weighted by Crippen LogP contribution is 2.35. The molecule has 3 rings (SSSR count). The van der Waals surface area contributed by atoms with Gasteiger partial charge in [0.05, 0.1) is 10.0 Å². The van der Waals surface area contributed by atoms with Gasteiger partial charge >= 0.3 is 0 Å². The molecule has 104 valence electrons. The molecule has 20 heavy (non-hydrogen) atoms. The molecule has 0 fully saturated rings. The van der Waals surface area contributed by atoms with E-state index >= 15 is 0 Å². The van der Waals surface area contributed by atoms with Crippen LogP contribution in [-0.2, 0) is 6.61 Å². The van der Waals surface area contributed by atoms with Crippen molar-refractivity contribution in [1.29, 1.82) is 0 Å². The molecular formula is C14H9BrF2O3. The first kappa shape index (κ1) is 13.2. The van der Waals surface area contributed by atoms with Gasteiger partial charge in [-0.05, 0) is 40.2 Å². The van der Waals surface area contributed by atoms with Crippen molar-refractivity contribution >= 4 is 15.9 Å². The summed E-state index contributed by atoms with van der Waals surface area (Å²) in [5, 5.41) is 0. The molecule has 2 aromatic rings. The maximum Gasteiger partial charge on any atom is 0.231 e. The minimum Gasteiger partial charge on any atom is -0.489 e. The number of hydrogen-bond donors (Lipinski definition) is 0. The third-order valence-corrected chi connectivity index (χ3v) is 3.48. The van der Waals surface area contributed by atoms with Crippen molar-refractivity contribution in [3.8, 4) is 17.2 Å². The van der Waals surface area contributed by atoms with Gasteiger partial charge in [-0.3, -0.25) is 0 Å². The van der Waals surface area contributed by atoms with Crippen LogP contribution in [0.1, 0.15) is 5.56 Å². The molecule has 3 nitrogen and oxygen atoms in total. The van der Waals surface area contributed by atoms with Gasteiger partial charge in [-0.25, -0.2) is 8.78 Å². The summed E-state index contributed by atoms with van der Waals surface area (Å²) in [6.07, 6.45) is 0. The van der Waals surface area contributed by atoms with Gasteiger partial charge < -0.3 is 14.2 Å². The lowest BCUT2D eigenvalue weighted by Gasteiger charge is -2.09. The molecule has 1 aliphatic rings. The van der Waals surface area contributed by atoms with E-state index in [4.69, 9.17) is 14.2 Å². The Morgan fingerprint density at radius 2 is 1.90 bits per heavy atom. The fourth-order valence-electron chi connectivity index (χ4n) is 1.82. The zero-order chi connectivity index (χ0) is 14.1. The summed E-state index contributed by atoms with van der Waals surface area (Å²) in [6.45, 7) is -0.0512. The van der Waals surface area contributed by atoms with Gasteiger partial charge in [0.15, 0.2) is 11.5 Å². The molecule has 1 aliphatic heterocycles. The van der Waals surface area contributed by atoms with Crippen LogP contribution in [0.4, 0.5) is 8.78 Å². The minimum atomic E-state index is -0.661. The lowest BCUT2D eigenvalue weighted by molar-refractivity contribution is 0.173. The van der Waals surface area contributed by atoms with Crippen LogP contribution in [0.2, 0.25) is 0 Å². The number of rotatable bonds is 3. The third kappa shape index (κ3) is 2.43. The van der Waals surface area contributed by atoms with Crippen molar-refractivity contribution in [1.82, 2.24) is 0 Å². The normalized spacial score (nSPS) is 12.6. The first-order chi connectivity index (χ1) is 9.65. The Bertz CT molecular complexity index is 661. The van der Waals surface area contributed by atoms with E-state index in [0.717, 1.165) is 0 Å². The minimum absolute atomic E-state index is 0.128. The van der Waals surface area contributed by atoms with Gasteiger partial charge in [-0.15, -0.1) is 0 Å². The van der Waals surface area contributed by atoms with Crippen molar-refractivity contribution in [2.24, 2.45) is 0 Å². The Labute approximate surface area is 122 Å². The molecule has 0 atom stereocenters. The van der Waals surface area contributed by atoms with Crippen LogP contribution in [0.25, 0.3) is 0 Å². The van der Waals surface area contributed by atoms with E-state index in [1.807, 2.05) is 0 Å². The molecule has 0 amide bonds. The highest BCUT2D eigenvalue weighted by molar-refractivity contribution is 9.10. The van der Waals surface area contributed by atoms with Crippen LogP contribution in [0.15, 0.2) is 34.8 Å². The SMILES string of the molecule is Fc1ccc(Br)c(F)c1COc1ccc2c(c1)OCO2. The fourth-order valence-corrected chi connectivity index (χ4v) is 2.20. The highest BCUT2D eigenvalue weighted by atomic mass is 79.9. The van der Waals surface area contributed by atoms with Gasteiger partial charge in [0.1, 0.15) is 24.0 Å². The van der Waals surface area contributed by atoms with Crippen LogP contribution in [-0.4, -0.2) is 6.79 Å². The molecule has 0 unspecified atom stereocenters. The molecular weight excluding hydrogens is 334 g/mol. The molecule has 0 spiro atoms. The maximum absolute atomic E-state index is 13.8. The Morgan fingerprint density at radius 1 is 1.10 bits per heavy atom. The zero-order valence-electron chi connectivity index (χ0n) is 10.2. The summed E-state index contributed by atoms with van der Waals surface area (Å²) in [5.74, 6) is 0.320. The summed E-state index contributed by atoms with van der Waals surface area (Å²) in [7, 11) is 0. The average molecular weight is 343 g/mol. The van der Waals surface area contributed by atoms with Gasteiger partial charge in [-0.1, -0.05) is 0 Å². The highest BCUT2D eigenvalue weighted by Gasteiger charge is 2.16. The Kier molecular flexibility index (Phi) is 3.48. The van der Waals surface area contributed by atoms with Gasteiger partial charge in [0.2, 0.25) is 6.79 Å². The predicted molar refractivity (Wildman–Crippen MR) is 71.0 cm³/mol. The van der Waals surface area contributed by atoms with Crippen molar-refractivity contribution in [3.63, 3.8) is 0 Å². The molecule has 0 saturated carbocycles.